The zero-order valence-electron chi connectivity index (χ0n) is 7.24. The highest BCUT2D eigenvalue weighted by Gasteiger charge is 2.17. The Morgan fingerprint density at radius 2 is 2.25 bits per heavy atom. The summed E-state index contributed by atoms with van der Waals surface area (Å²) in [6, 6.07) is 1.57. The van der Waals surface area contributed by atoms with Crippen molar-refractivity contribution < 1.29 is 0 Å². The topological polar surface area (TPSA) is 38.1 Å². The van der Waals surface area contributed by atoms with Gasteiger partial charge in [0.2, 0.25) is 5.95 Å². The SMILES string of the molecule is Cc1cc(=O)n2c(n1)N(C)CC2. The molecular weight excluding hydrogens is 154 g/mol. The van der Waals surface area contributed by atoms with Crippen LogP contribution in [0.4, 0.5) is 5.95 Å². The normalized spacial score (nSPS) is 15.0. The van der Waals surface area contributed by atoms with Gasteiger partial charge in [-0.3, -0.25) is 9.36 Å². The summed E-state index contributed by atoms with van der Waals surface area (Å²) >= 11 is 0. The van der Waals surface area contributed by atoms with Crippen LogP contribution in [-0.4, -0.2) is 23.1 Å². The molecule has 0 aromatic carbocycles. The lowest BCUT2D eigenvalue weighted by molar-refractivity contribution is 0.753. The number of hydrogen-bond acceptors (Lipinski definition) is 3. The quantitative estimate of drug-likeness (QED) is 0.543. The van der Waals surface area contributed by atoms with Crippen molar-refractivity contribution in [3.63, 3.8) is 0 Å². The van der Waals surface area contributed by atoms with Gasteiger partial charge in [-0.1, -0.05) is 0 Å². The first-order valence-electron chi connectivity index (χ1n) is 3.98. The molecule has 0 saturated heterocycles. The Labute approximate surface area is 70.5 Å². The fraction of sp³-hybridized carbons (Fsp3) is 0.500. The molecule has 0 fully saturated rings. The molecule has 0 atom stereocenters. The standard InChI is InChI=1S/C8H11N3O/c1-6-5-7(12)11-4-3-10(2)8(11)9-6/h5H,3-4H2,1-2H3. The first-order valence-corrected chi connectivity index (χ1v) is 3.98. The van der Waals surface area contributed by atoms with E-state index < -0.39 is 0 Å². The van der Waals surface area contributed by atoms with Crippen LogP contribution in [0.15, 0.2) is 10.9 Å². The van der Waals surface area contributed by atoms with Crippen molar-refractivity contribution in [2.24, 2.45) is 0 Å². The Morgan fingerprint density at radius 1 is 1.50 bits per heavy atom. The summed E-state index contributed by atoms with van der Waals surface area (Å²) in [5.74, 6) is 0.792. The van der Waals surface area contributed by atoms with Crippen LogP contribution in [-0.2, 0) is 6.54 Å². The zero-order chi connectivity index (χ0) is 8.72. The van der Waals surface area contributed by atoms with Crippen molar-refractivity contribution >= 4 is 5.95 Å². The Bertz CT molecular complexity index is 369. The number of aryl methyl sites for hydroxylation is 1. The Balaban J connectivity index is 2.68. The average molecular weight is 165 g/mol. The van der Waals surface area contributed by atoms with Gasteiger partial charge in [0.1, 0.15) is 0 Å². The molecule has 0 unspecified atom stereocenters. The third-order valence-corrected chi connectivity index (χ3v) is 2.12. The number of aromatic nitrogens is 2. The molecule has 1 aromatic heterocycles. The molecule has 4 heteroatoms. The summed E-state index contributed by atoms with van der Waals surface area (Å²) in [5, 5.41) is 0. The maximum absolute atomic E-state index is 11.4. The van der Waals surface area contributed by atoms with Gasteiger partial charge >= 0.3 is 0 Å². The number of likely N-dealkylation sites (N-methyl/N-ethyl adjacent to an activating group) is 1. The van der Waals surface area contributed by atoms with Gasteiger partial charge in [-0.15, -0.1) is 0 Å². The van der Waals surface area contributed by atoms with Crippen LogP contribution in [0.5, 0.6) is 0 Å². The van der Waals surface area contributed by atoms with E-state index in [1.807, 2.05) is 18.9 Å². The molecule has 0 aliphatic carbocycles. The van der Waals surface area contributed by atoms with E-state index in [-0.39, 0.29) is 5.56 Å². The van der Waals surface area contributed by atoms with Crippen LogP contribution in [0.3, 0.4) is 0 Å². The third-order valence-electron chi connectivity index (χ3n) is 2.12. The molecule has 0 saturated carbocycles. The molecule has 1 aliphatic heterocycles. The smallest absolute Gasteiger partial charge is 0.255 e. The van der Waals surface area contributed by atoms with Crippen molar-refractivity contribution in [2.45, 2.75) is 13.5 Å². The van der Waals surface area contributed by atoms with E-state index in [1.54, 1.807) is 10.6 Å². The minimum Gasteiger partial charge on any atom is -0.343 e. The lowest BCUT2D eigenvalue weighted by atomic mass is 10.4. The second-order valence-electron chi connectivity index (χ2n) is 3.11. The first kappa shape index (κ1) is 7.34. The molecule has 4 nitrogen and oxygen atoms in total. The van der Waals surface area contributed by atoms with Gasteiger partial charge in [-0.2, -0.15) is 0 Å². The molecule has 1 aliphatic rings. The van der Waals surface area contributed by atoms with E-state index in [2.05, 4.69) is 4.98 Å². The fourth-order valence-electron chi connectivity index (χ4n) is 1.46. The van der Waals surface area contributed by atoms with Crippen molar-refractivity contribution in [3.8, 4) is 0 Å². The van der Waals surface area contributed by atoms with Crippen LogP contribution in [0, 0.1) is 6.92 Å². The first-order chi connectivity index (χ1) is 5.68. The molecular formula is C8H11N3O. The van der Waals surface area contributed by atoms with Gasteiger partial charge in [-0.25, -0.2) is 4.98 Å². The van der Waals surface area contributed by atoms with E-state index >= 15 is 0 Å². The van der Waals surface area contributed by atoms with Gasteiger partial charge in [0.05, 0.1) is 0 Å². The Kier molecular flexibility index (Phi) is 1.43. The number of nitrogens with zero attached hydrogens (tertiary/aromatic N) is 3. The van der Waals surface area contributed by atoms with E-state index in [0.29, 0.717) is 0 Å². The number of fused-ring (bicyclic) bond motifs is 1. The highest BCUT2D eigenvalue weighted by atomic mass is 16.1. The Hall–Kier alpha value is -1.32. The molecule has 2 rings (SSSR count). The molecule has 64 valence electrons. The Morgan fingerprint density at radius 3 is 3.00 bits per heavy atom. The second-order valence-corrected chi connectivity index (χ2v) is 3.11. The molecule has 0 amide bonds. The summed E-state index contributed by atoms with van der Waals surface area (Å²) in [6.45, 7) is 3.48. The summed E-state index contributed by atoms with van der Waals surface area (Å²) in [5.41, 5.74) is 0.849. The second kappa shape index (κ2) is 2.33. The van der Waals surface area contributed by atoms with Crippen LogP contribution >= 0.6 is 0 Å². The van der Waals surface area contributed by atoms with E-state index in [4.69, 9.17) is 0 Å². The van der Waals surface area contributed by atoms with Crippen LogP contribution in [0.25, 0.3) is 0 Å². The molecule has 0 bridgehead atoms. The largest absolute Gasteiger partial charge is 0.343 e. The van der Waals surface area contributed by atoms with Crippen molar-refractivity contribution in [1.29, 1.82) is 0 Å². The van der Waals surface area contributed by atoms with E-state index in [9.17, 15) is 4.79 Å². The van der Waals surface area contributed by atoms with E-state index in [0.717, 1.165) is 24.7 Å². The summed E-state index contributed by atoms with van der Waals surface area (Å²) in [4.78, 5) is 17.7. The monoisotopic (exact) mass is 165 g/mol. The fourth-order valence-corrected chi connectivity index (χ4v) is 1.46. The minimum atomic E-state index is 0.0573. The van der Waals surface area contributed by atoms with Crippen LogP contribution in [0.1, 0.15) is 5.69 Å². The van der Waals surface area contributed by atoms with Gasteiger partial charge in [0, 0.05) is 31.9 Å². The highest BCUT2D eigenvalue weighted by molar-refractivity contribution is 5.34. The molecule has 1 aromatic rings. The van der Waals surface area contributed by atoms with Crippen molar-refractivity contribution in [1.82, 2.24) is 9.55 Å². The zero-order valence-corrected chi connectivity index (χ0v) is 7.24. The van der Waals surface area contributed by atoms with E-state index in [1.165, 1.54) is 0 Å². The predicted octanol–water partition coefficient (Wildman–Crippen LogP) is 0.00152. The summed E-state index contributed by atoms with van der Waals surface area (Å²) in [6.07, 6.45) is 0. The molecule has 12 heavy (non-hydrogen) atoms. The molecule has 0 radical (unpaired) electrons. The predicted molar refractivity (Wildman–Crippen MR) is 46.5 cm³/mol. The number of rotatable bonds is 0. The maximum atomic E-state index is 11.4. The van der Waals surface area contributed by atoms with Crippen LogP contribution in [0.2, 0.25) is 0 Å². The average Bonchev–Trinajstić information content (AvgIpc) is 2.33. The van der Waals surface area contributed by atoms with Gasteiger partial charge in [0.25, 0.3) is 5.56 Å². The maximum Gasteiger partial charge on any atom is 0.255 e. The van der Waals surface area contributed by atoms with Crippen LogP contribution < -0.4 is 10.5 Å². The lowest BCUT2D eigenvalue weighted by Gasteiger charge is -2.09. The molecule has 2 heterocycles. The van der Waals surface area contributed by atoms with Gasteiger partial charge < -0.3 is 4.90 Å². The molecule has 0 N–H and O–H groups in total. The number of anilines is 1. The number of hydrogen-bond donors (Lipinski definition) is 0. The third kappa shape index (κ3) is 0.913. The molecule has 0 spiro atoms. The summed E-state index contributed by atoms with van der Waals surface area (Å²) < 4.78 is 1.70. The van der Waals surface area contributed by atoms with Gasteiger partial charge in [-0.05, 0) is 6.92 Å². The minimum absolute atomic E-state index is 0.0573. The highest BCUT2D eigenvalue weighted by Crippen LogP contribution is 2.13. The van der Waals surface area contributed by atoms with Crippen molar-refractivity contribution in [2.75, 3.05) is 18.5 Å². The van der Waals surface area contributed by atoms with Crippen molar-refractivity contribution in [3.05, 3.63) is 22.1 Å². The lowest BCUT2D eigenvalue weighted by Crippen LogP contribution is -2.19. The summed E-state index contributed by atoms with van der Waals surface area (Å²) in [7, 11) is 1.95. The van der Waals surface area contributed by atoms with Gasteiger partial charge in [0.15, 0.2) is 0 Å².